The van der Waals surface area contributed by atoms with Crippen molar-refractivity contribution in [2.24, 2.45) is 5.41 Å². The van der Waals surface area contributed by atoms with Crippen molar-refractivity contribution in [3.8, 4) is 11.5 Å². The average molecular weight is 423 g/mol. The fourth-order valence-electron chi connectivity index (χ4n) is 4.62. The molecule has 3 N–H and O–H groups in total. The van der Waals surface area contributed by atoms with Gasteiger partial charge in [0.15, 0.2) is 5.82 Å². The highest BCUT2D eigenvalue weighted by Crippen LogP contribution is 2.37. The molecule has 2 aliphatic rings. The van der Waals surface area contributed by atoms with Gasteiger partial charge in [0.25, 0.3) is 0 Å². The molecule has 31 heavy (non-hydrogen) atoms. The number of morpholine rings is 1. The highest BCUT2D eigenvalue weighted by atomic mass is 16.5. The third kappa shape index (κ3) is 3.97. The van der Waals surface area contributed by atoms with Gasteiger partial charge in [0.2, 0.25) is 5.91 Å². The van der Waals surface area contributed by atoms with E-state index in [1.54, 1.807) is 0 Å². The fraction of sp³-hybridized carbons (Fsp3) is 0.522. The summed E-state index contributed by atoms with van der Waals surface area (Å²) in [7, 11) is 0. The number of ether oxygens (including phenoxy) is 1. The van der Waals surface area contributed by atoms with E-state index < -0.39 is 0 Å². The van der Waals surface area contributed by atoms with Crippen LogP contribution in [0.3, 0.4) is 0 Å². The second kappa shape index (κ2) is 7.76. The summed E-state index contributed by atoms with van der Waals surface area (Å²) in [6.45, 7) is 9.44. The van der Waals surface area contributed by atoms with Crippen molar-refractivity contribution in [3.63, 3.8) is 0 Å². The minimum absolute atomic E-state index is 0.0130. The molecule has 1 aliphatic heterocycles. The Labute approximate surface area is 181 Å². The van der Waals surface area contributed by atoms with E-state index in [0.717, 1.165) is 60.6 Å². The number of aromatic nitrogens is 4. The van der Waals surface area contributed by atoms with E-state index in [9.17, 15) is 4.79 Å². The zero-order chi connectivity index (χ0) is 21.6. The lowest BCUT2D eigenvalue weighted by Gasteiger charge is -2.31. The SMILES string of the molecule is CC(C(=O)Nc1ccc2[nH]c(-c3n[nH]c4c3CCC(C)(C)C4)nc2c1)N1CCOCC1. The zero-order valence-corrected chi connectivity index (χ0v) is 18.4. The van der Waals surface area contributed by atoms with Crippen LogP contribution in [-0.2, 0) is 22.4 Å². The topological polar surface area (TPSA) is 98.9 Å². The Balaban J connectivity index is 1.35. The summed E-state index contributed by atoms with van der Waals surface area (Å²) >= 11 is 0. The van der Waals surface area contributed by atoms with E-state index in [1.165, 1.54) is 11.3 Å². The second-order valence-electron chi connectivity index (χ2n) is 9.50. The molecule has 1 aliphatic carbocycles. The lowest BCUT2D eigenvalue weighted by atomic mass is 9.76. The van der Waals surface area contributed by atoms with Gasteiger partial charge in [0.05, 0.1) is 30.3 Å². The number of amides is 1. The number of fused-ring (bicyclic) bond motifs is 2. The molecule has 3 heterocycles. The average Bonchev–Trinajstić information content (AvgIpc) is 3.35. The van der Waals surface area contributed by atoms with Crippen molar-refractivity contribution in [1.82, 2.24) is 25.1 Å². The maximum Gasteiger partial charge on any atom is 0.241 e. The third-order valence-corrected chi connectivity index (χ3v) is 6.61. The summed E-state index contributed by atoms with van der Waals surface area (Å²) in [6.07, 6.45) is 3.16. The van der Waals surface area contributed by atoms with Gasteiger partial charge in [-0.15, -0.1) is 0 Å². The summed E-state index contributed by atoms with van der Waals surface area (Å²) < 4.78 is 5.38. The highest BCUT2D eigenvalue weighted by Gasteiger charge is 2.30. The summed E-state index contributed by atoms with van der Waals surface area (Å²) in [4.78, 5) is 23.0. The summed E-state index contributed by atoms with van der Waals surface area (Å²) in [5.74, 6) is 0.762. The van der Waals surface area contributed by atoms with Crippen molar-refractivity contribution in [1.29, 1.82) is 0 Å². The van der Waals surface area contributed by atoms with Crippen molar-refractivity contribution in [2.45, 2.75) is 46.1 Å². The number of nitrogens with one attached hydrogen (secondary N) is 3. The lowest BCUT2D eigenvalue weighted by molar-refractivity contribution is -0.122. The molecule has 0 spiro atoms. The number of anilines is 1. The van der Waals surface area contributed by atoms with Crippen LogP contribution in [0.2, 0.25) is 0 Å². The highest BCUT2D eigenvalue weighted by molar-refractivity contribution is 5.96. The van der Waals surface area contributed by atoms with E-state index in [-0.39, 0.29) is 11.9 Å². The molecule has 5 rings (SSSR count). The van der Waals surface area contributed by atoms with Crippen molar-refractivity contribution >= 4 is 22.6 Å². The monoisotopic (exact) mass is 422 g/mol. The van der Waals surface area contributed by atoms with E-state index in [2.05, 4.69) is 39.2 Å². The number of hydrogen-bond acceptors (Lipinski definition) is 5. The number of hydrogen-bond donors (Lipinski definition) is 3. The van der Waals surface area contributed by atoms with Crippen LogP contribution in [0.4, 0.5) is 5.69 Å². The van der Waals surface area contributed by atoms with Crippen LogP contribution in [0.5, 0.6) is 0 Å². The van der Waals surface area contributed by atoms with Gasteiger partial charge >= 0.3 is 0 Å². The number of carbonyl (C=O) groups excluding carboxylic acids is 1. The molecule has 2 aromatic heterocycles. The number of imidazole rings is 1. The van der Waals surface area contributed by atoms with Gasteiger partial charge < -0.3 is 15.0 Å². The summed E-state index contributed by atoms with van der Waals surface area (Å²) in [5.41, 5.74) is 6.20. The molecule has 8 heteroatoms. The number of carbonyl (C=O) groups is 1. The first-order chi connectivity index (χ1) is 14.9. The molecule has 1 atom stereocenters. The first kappa shape index (κ1) is 20.2. The fourth-order valence-corrected chi connectivity index (χ4v) is 4.62. The maximum absolute atomic E-state index is 12.7. The molecule has 8 nitrogen and oxygen atoms in total. The van der Waals surface area contributed by atoms with E-state index in [4.69, 9.17) is 9.72 Å². The first-order valence-corrected chi connectivity index (χ1v) is 11.1. The second-order valence-corrected chi connectivity index (χ2v) is 9.50. The van der Waals surface area contributed by atoms with Crippen LogP contribution in [0.25, 0.3) is 22.6 Å². The zero-order valence-electron chi connectivity index (χ0n) is 18.4. The Morgan fingerprint density at radius 1 is 1.29 bits per heavy atom. The summed E-state index contributed by atoms with van der Waals surface area (Å²) in [6, 6.07) is 5.59. The van der Waals surface area contributed by atoms with Gasteiger partial charge in [-0.05, 0) is 49.8 Å². The molecule has 164 valence electrons. The molecular formula is C23H30N6O2. The van der Waals surface area contributed by atoms with Gasteiger partial charge in [-0.2, -0.15) is 5.10 Å². The van der Waals surface area contributed by atoms with Gasteiger partial charge in [-0.3, -0.25) is 14.8 Å². The maximum atomic E-state index is 12.7. The molecule has 0 bridgehead atoms. The van der Waals surface area contributed by atoms with Crippen LogP contribution < -0.4 is 5.32 Å². The van der Waals surface area contributed by atoms with Crippen molar-refractivity contribution < 1.29 is 9.53 Å². The molecule has 3 aromatic rings. The predicted octanol–water partition coefficient (Wildman–Crippen LogP) is 3.13. The third-order valence-electron chi connectivity index (χ3n) is 6.61. The molecule has 0 radical (unpaired) electrons. The number of benzene rings is 1. The quantitative estimate of drug-likeness (QED) is 0.600. The molecule has 0 saturated carbocycles. The largest absolute Gasteiger partial charge is 0.379 e. The van der Waals surface area contributed by atoms with Crippen LogP contribution in [-0.4, -0.2) is 63.3 Å². The normalized spacial score (nSPS) is 19.8. The van der Waals surface area contributed by atoms with E-state index in [1.807, 2.05) is 25.1 Å². The van der Waals surface area contributed by atoms with Gasteiger partial charge in [0, 0.05) is 30.0 Å². The van der Waals surface area contributed by atoms with Crippen molar-refractivity contribution in [2.75, 3.05) is 31.6 Å². The Hall–Kier alpha value is -2.71. The minimum atomic E-state index is -0.200. The molecule has 1 aromatic carbocycles. The smallest absolute Gasteiger partial charge is 0.241 e. The lowest BCUT2D eigenvalue weighted by Crippen LogP contribution is -2.47. The molecular weight excluding hydrogens is 392 g/mol. The van der Waals surface area contributed by atoms with Gasteiger partial charge in [0.1, 0.15) is 5.69 Å². The molecule has 1 unspecified atom stereocenters. The Kier molecular flexibility index (Phi) is 5.06. The van der Waals surface area contributed by atoms with E-state index >= 15 is 0 Å². The summed E-state index contributed by atoms with van der Waals surface area (Å²) in [5, 5.41) is 10.8. The van der Waals surface area contributed by atoms with Gasteiger partial charge in [-0.25, -0.2) is 4.98 Å². The molecule has 1 amide bonds. The minimum Gasteiger partial charge on any atom is -0.379 e. The number of rotatable bonds is 4. The van der Waals surface area contributed by atoms with Crippen molar-refractivity contribution in [3.05, 3.63) is 29.5 Å². The van der Waals surface area contributed by atoms with Crippen LogP contribution in [0.15, 0.2) is 18.2 Å². The number of aromatic amines is 2. The first-order valence-electron chi connectivity index (χ1n) is 11.1. The van der Waals surface area contributed by atoms with E-state index in [0.29, 0.717) is 18.6 Å². The standard InChI is InChI=1S/C23H30N6O2/c1-14(29-8-10-31-11-9-29)22(30)24-15-4-5-17-18(12-15)26-21(25-17)20-16-6-7-23(2,3)13-19(16)27-28-20/h4-5,12,14H,6-11,13H2,1-3H3,(H,24,30)(H,25,26)(H,27,28). The Morgan fingerprint density at radius 3 is 2.90 bits per heavy atom. The number of nitrogens with zero attached hydrogens (tertiary/aromatic N) is 3. The van der Waals surface area contributed by atoms with Gasteiger partial charge in [-0.1, -0.05) is 13.8 Å². The van der Waals surface area contributed by atoms with Crippen LogP contribution >= 0.6 is 0 Å². The predicted molar refractivity (Wildman–Crippen MR) is 120 cm³/mol. The Bertz CT molecular complexity index is 1110. The molecule has 1 fully saturated rings. The number of H-pyrrole nitrogens is 2. The van der Waals surface area contributed by atoms with Crippen LogP contribution in [0.1, 0.15) is 38.4 Å². The van der Waals surface area contributed by atoms with Crippen LogP contribution in [0, 0.1) is 5.41 Å². The molecule has 1 saturated heterocycles. The Morgan fingerprint density at radius 2 is 2.10 bits per heavy atom.